The lowest BCUT2D eigenvalue weighted by Crippen LogP contribution is -2.24. The maximum atomic E-state index is 3.78. The van der Waals surface area contributed by atoms with Gasteiger partial charge in [-0.25, -0.2) is 0 Å². The quantitative estimate of drug-likeness (QED) is 0.558. The van der Waals surface area contributed by atoms with Crippen molar-refractivity contribution in [1.82, 2.24) is 5.32 Å². The van der Waals surface area contributed by atoms with Crippen molar-refractivity contribution < 1.29 is 0 Å². The van der Waals surface area contributed by atoms with E-state index in [9.17, 15) is 0 Å². The summed E-state index contributed by atoms with van der Waals surface area (Å²) in [5.41, 5.74) is 2.65. The number of hydrogen-bond acceptors (Lipinski definition) is 2. The predicted octanol–water partition coefficient (Wildman–Crippen LogP) is 4.52. The SMILES string of the molecule is C=CCCCN(C)c1ccc(Br)cc1C(C)NCC. The molecule has 1 aromatic rings. The van der Waals surface area contributed by atoms with Crippen LogP contribution in [0.5, 0.6) is 0 Å². The van der Waals surface area contributed by atoms with Crippen LogP contribution < -0.4 is 10.2 Å². The van der Waals surface area contributed by atoms with Crippen molar-refractivity contribution in [1.29, 1.82) is 0 Å². The van der Waals surface area contributed by atoms with E-state index in [2.05, 4.69) is 71.8 Å². The summed E-state index contributed by atoms with van der Waals surface area (Å²) in [6.07, 6.45) is 4.20. The zero-order valence-electron chi connectivity index (χ0n) is 12.2. The van der Waals surface area contributed by atoms with Gasteiger partial charge in [-0.2, -0.15) is 0 Å². The number of halogens is 1. The Balaban J connectivity index is 2.88. The fraction of sp³-hybridized carbons (Fsp3) is 0.500. The Kier molecular flexibility index (Phi) is 7.17. The summed E-state index contributed by atoms with van der Waals surface area (Å²) in [5.74, 6) is 0. The third kappa shape index (κ3) is 5.00. The molecule has 1 aromatic carbocycles. The second-order valence-corrected chi connectivity index (χ2v) is 5.75. The third-order valence-electron chi connectivity index (χ3n) is 3.28. The van der Waals surface area contributed by atoms with Crippen LogP contribution in [0.3, 0.4) is 0 Å². The van der Waals surface area contributed by atoms with E-state index >= 15 is 0 Å². The first kappa shape index (κ1) is 16.3. The Labute approximate surface area is 126 Å². The molecule has 19 heavy (non-hydrogen) atoms. The molecule has 0 saturated carbocycles. The summed E-state index contributed by atoms with van der Waals surface area (Å²) < 4.78 is 1.13. The topological polar surface area (TPSA) is 15.3 Å². The highest BCUT2D eigenvalue weighted by Crippen LogP contribution is 2.29. The second-order valence-electron chi connectivity index (χ2n) is 4.83. The highest BCUT2D eigenvalue weighted by atomic mass is 79.9. The highest BCUT2D eigenvalue weighted by molar-refractivity contribution is 9.10. The fourth-order valence-electron chi connectivity index (χ4n) is 2.23. The van der Waals surface area contributed by atoms with Gasteiger partial charge in [0, 0.05) is 29.8 Å². The number of benzene rings is 1. The van der Waals surface area contributed by atoms with E-state index in [0.717, 1.165) is 30.4 Å². The largest absolute Gasteiger partial charge is 0.374 e. The Bertz CT molecular complexity index is 404. The summed E-state index contributed by atoms with van der Waals surface area (Å²) in [7, 11) is 2.16. The normalized spacial score (nSPS) is 12.2. The van der Waals surface area contributed by atoms with Gasteiger partial charge in [-0.15, -0.1) is 6.58 Å². The van der Waals surface area contributed by atoms with Crippen molar-refractivity contribution in [2.24, 2.45) is 0 Å². The molecular formula is C16H25BrN2. The van der Waals surface area contributed by atoms with Crippen molar-refractivity contribution in [2.75, 3.05) is 25.0 Å². The van der Waals surface area contributed by atoms with Gasteiger partial charge in [-0.3, -0.25) is 0 Å². The van der Waals surface area contributed by atoms with E-state index in [1.54, 1.807) is 0 Å². The Morgan fingerprint density at radius 2 is 2.21 bits per heavy atom. The molecule has 0 aromatic heterocycles. The Morgan fingerprint density at radius 3 is 2.84 bits per heavy atom. The van der Waals surface area contributed by atoms with Crippen LogP contribution in [0.25, 0.3) is 0 Å². The molecule has 2 nitrogen and oxygen atoms in total. The van der Waals surface area contributed by atoms with Crippen molar-refractivity contribution in [3.63, 3.8) is 0 Å². The van der Waals surface area contributed by atoms with Gasteiger partial charge in [0.15, 0.2) is 0 Å². The molecule has 0 aliphatic heterocycles. The van der Waals surface area contributed by atoms with Crippen LogP contribution in [0.2, 0.25) is 0 Å². The number of anilines is 1. The lowest BCUT2D eigenvalue weighted by molar-refractivity contribution is 0.596. The van der Waals surface area contributed by atoms with E-state index in [0.29, 0.717) is 6.04 Å². The van der Waals surface area contributed by atoms with Crippen LogP contribution in [-0.2, 0) is 0 Å². The summed E-state index contributed by atoms with van der Waals surface area (Å²) in [6.45, 7) is 10.2. The molecule has 1 atom stereocenters. The molecule has 0 spiro atoms. The first-order chi connectivity index (χ1) is 9.10. The maximum absolute atomic E-state index is 3.78. The van der Waals surface area contributed by atoms with E-state index in [1.807, 2.05) is 6.08 Å². The molecule has 0 fully saturated rings. The molecule has 0 aliphatic carbocycles. The van der Waals surface area contributed by atoms with Gasteiger partial charge in [-0.05, 0) is 50.1 Å². The van der Waals surface area contributed by atoms with Crippen LogP contribution >= 0.6 is 15.9 Å². The zero-order valence-corrected chi connectivity index (χ0v) is 13.8. The molecule has 106 valence electrons. The van der Waals surface area contributed by atoms with E-state index < -0.39 is 0 Å². The number of rotatable bonds is 8. The van der Waals surface area contributed by atoms with Crippen LogP contribution in [-0.4, -0.2) is 20.1 Å². The van der Waals surface area contributed by atoms with E-state index in [4.69, 9.17) is 0 Å². The molecule has 1 unspecified atom stereocenters. The minimum absolute atomic E-state index is 0.361. The van der Waals surface area contributed by atoms with Crippen molar-refractivity contribution >= 4 is 21.6 Å². The number of allylic oxidation sites excluding steroid dienone is 1. The second kappa shape index (κ2) is 8.39. The van der Waals surface area contributed by atoms with Crippen molar-refractivity contribution in [3.8, 4) is 0 Å². The van der Waals surface area contributed by atoms with Crippen LogP contribution in [0.4, 0.5) is 5.69 Å². The molecule has 3 heteroatoms. The standard InChI is InChI=1S/C16H25BrN2/c1-5-7-8-11-19(4)16-10-9-14(17)12-15(16)13(3)18-6-2/h5,9-10,12-13,18H,1,6-8,11H2,2-4H3. The van der Waals surface area contributed by atoms with Crippen LogP contribution in [0, 0.1) is 0 Å². The van der Waals surface area contributed by atoms with Gasteiger partial charge in [0.05, 0.1) is 0 Å². The van der Waals surface area contributed by atoms with Crippen LogP contribution in [0.1, 0.15) is 38.3 Å². The molecule has 1 rings (SSSR count). The number of hydrogen-bond donors (Lipinski definition) is 1. The number of unbranched alkanes of at least 4 members (excludes halogenated alkanes) is 1. The van der Waals surface area contributed by atoms with Gasteiger partial charge in [0.1, 0.15) is 0 Å². The molecule has 0 amide bonds. The minimum atomic E-state index is 0.361. The summed E-state index contributed by atoms with van der Waals surface area (Å²) in [5, 5.41) is 3.49. The highest BCUT2D eigenvalue weighted by Gasteiger charge is 2.13. The fourth-order valence-corrected chi connectivity index (χ4v) is 2.61. The monoisotopic (exact) mass is 324 g/mol. The molecule has 0 radical (unpaired) electrons. The molecule has 0 aliphatic rings. The maximum Gasteiger partial charge on any atom is 0.0412 e. The lowest BCUT2D eigenvalue weighted by atomic mass is 10.0. The first-order valence-corrected chi connectivity index (χ1v) is 7.74. The van der Waals surface area contributed by atoms with E-state index in [1.165, 1.54) is 11.3 Å². The molecule has 0 bridgehead atoms. The number of nitrogens with zero attached hydrogens (tertiary/aromatic N) is 1. The molecule has 0 saturated heterocycles. The molecule has 1 N–H and O–H groups in total. The predicted molar refractivity (Wildman–Crippen MR) is 88.9 cm³/mol. The number of nitrogens with one attached hydrogen (secondary N) is 1. The molecule has 0 heterocycles. The summed E-state index contributed by atoms with van der Waals surface area (Å²) >= 11 is 3.57. The van der Waals surface area contributed by atoms with E-state index in [-0.39, 0.29) is 0 Å². The first-order valence-electron chi connectivity index (χ1n) is 6.95. The minimum Gasteiger partial charge on any atom is -0.374 e. The van der Waals surface area contributed by atoms with Gasteiger partial charge in [-0.1, -0.05) is 28.9 Å². The Morgan fingerprint density at radius 1 is 1.47 bits per heavy atom. The average molecular weight is 325 g/mol. The smallest absolute Gasteiger partial charge is 0.0412 e. The lowest BCUT2D eigenvalue weighted by Gasteiger charge is -2.25. The van der Waals surface area contributed by atoms with Gasteiger partial charge in [0.25, 0.3) is 0 Å². The van der Waals surface area contributed by atoms with Crippen LogP contribution in [0.15, 0.2) is 35.3 Å². The Hall–Kier alpha value is -0.800. The van der Waals surface area contributed by atoms with Gasteiger partial charge >= 0.3 is 0 Å². The van der Waals surface area contributed by atoms with Crippen molar-refractivity contribution in [3.05, 3.63) is 40.9 Å². The third-order valence-corrected chi connectivity index (χ3v) is 3.77. The summed E-state index contributed by atoms with van der Waals surface area (Å²) in [6, 6.07) is 6.88. The zero-order chi connectivity index (χ0) is 14.3. The average Bonchev–Trinajstić information content (AvgIpc) is 2.39. The van der Waals surface area contributed by atoms with Crippen molar-refractivity contribution in [2.45, 2.75) is 32.7 Å². The summed E-state index contributed by atoms with van der Waals surface area (Å²) in [4.78, 5) is 2.33. The van der Waals surface area contributed by atoms with Gasteiger partial charge < -0.3 is 10.2 Å². The molecular weight excluding hydrogens is 300 g/mol. The van der Waals surface area contributed by atoms with Gasteiger partial charge in [0.2, 0.25) is 0 Å².